The van der Waals surface area contributed by atoms with Gasteiger partial charge in [0.15, 0.2) is 0 Å². The van der Waals surface area contributed by atoms with E-state index in [-0.39, 0.29) is 23.8 Å². The minimum atomic E-state index is -4.21. The number of likely N-dealkylation sites (tertiary alicyclic amines) is 1. The average molecular weight is 425 g/mol. The van der Waals surface area contributed by atoms with Crippen LogP contribution in [-0.4, -0.2) is 63.5 Å². The average Bonchev–Trinajstić information content (AvgIpc) is 2.87. The van der Waals surface area contributed by atoms with Gasteiger partial charge in [-0.2, -0.15) is 8.78 Å². The highest BCUT2D eigenvalue weighted by molar-refractivity contribution is 6.32. The highest BCUT2D eigenvalue weighted by atomic mass is 35.5. The SMILES string of the molecule is C[C@@H](OC(C)(C)C)[C@H](NC(=O)C(F)(F)Cl)C(=O)N1C[C@H]2[C@@H]([C@H]1C(=O)O)C2(C)C. The third kappa shape index (κ3) is 4.40. The summed E-state index contributed by atoms with van der Waals surface area (Å²) in [4.78, 5) is 37.8. The fraction of sp³-hybridized carbons (Fsp3) is 0.833. The van der Waals surface area contributed by atoms with Gasteiger partial charge in [0, 0.05) is 12.5 Å². The highest BCUT2D eigenvalue weighted by Crippen LogP contribution is 2.64. The molecule has 0 bridgehead atoms. The molecule has 0 spiro atoms. The molecular weight excluding hydrogens is 398 g/mol. The first-order valence-electron chi connectivity index (χ1n) is 9.07. The van der Waals surface area contributed by atoms with Crippen molar-refractivity contribution in [1.82, 2.24) is 10.2 Å². The Morgan fingerprint density at radius 2 is 1.82 bits per heavy atom. The monoisotopic (exact) mass is 424 g/mol. The van der Waals surface area contributed by atoms with E-state index in [1.54, 1.807) is 20.8 Å². The van der Waals surface area contributed by atoms with Crippen molar-refractivity contribution in [1.29, 1.82) is 0 Å². The first-order valence-corrected chi connectivity index (χ1v) is 9.45. The molecule has 160 valence electrons. The molecule has 2 rings (SSSR count). The van der Waals surface area contributed by atoms with Crippen LogP contribution in [0, 0.1) is 17.3 Å². The van der Waals surface area contributed by atoms with Gasteiger partial charge in [-0.25, -0.2) is 4.79 Å². The number of hydrogen-bond donors (Lipinski definition) is 2. The summed E-state index contributed by atoms with van der Waals surface area (Å²) in [7, 11) is 0. The van der Waals surface area contributed by atoms with E-state index in [9.17, 15) is 28.3 Å². The number of ether oxygens (including phenoxy) is 1. The van der Waals surface area contributed by atoms with Gasteiger partial charge in [-0.05, 0) is 50.6 Å². The van der Waals surface area contributed by atoms with Crippen LogP contribution < -0.4 is 5.32 Å². The van der Waals surface area contributed by atoms with Gasteiger partial charge < -0.3 is 20.1 Å². The molecule has 1 saturated carbocycles. The molecule has 1 aliphatic heterocycles. The number of hydrogen-bond acceptors (Lipinski definition) is 4. The summed E-state index contributed by atoms with van der Waals surface area (Å²) in [6.45, 7) is 10.6. The van der Waals surface area contributed by atoms with E-state index >= 15 is 0 Å². The number of fused-ring (bicyclic) bond motifs is 1. The molecule has 1 aliphatic carbocycles. The number of rotatable bonds is 6. The Balaban J connectivity index is 2.28. The lowest BCUT2D eigenvalue weighted by Crippen LogP contribution is -2.60. The minimum absolute atomic E-state index is 0.00205. The summed E-state index contributed by atoms with van der Waals surface area (Å²) in [6, 6.07) is -2.58. The van der Waals surface area contributed by atoms with E-state index in [2.05, 4.69) is 0 Å². The van der Waals surface area contributed by atoms with Crippen molar-refractivity contribution < 1.29 is 33.0 Å². The molecular formula is C18H27ClF2N2O5. The van der Waals surface area contributed by atoms with Crippen molar-refractivity contribution >= 4 is 29.4 Å². The van der Waals surface area contributed by atoms with E-state index < -0.39 is 47.0 Å². The molecule has 0 unspecified atom stereocenters. The zero-order chi connectivity index (χ0) is 21.8. The zero-order valence-electron chi connectivity index (χ0n) is 16.8. The van der Waals surface area contributed by atoms with Gasteiger partial charge in [0.1, 0.15) is 12.1 Å². The van der Waals surface area contributed by atoms with Crippen LogP contribution in [0.2, 0.25) is 0 Å². The van der Waals surface area contributed by atoms with Crippen molar-refractivity contribution in [2.75, 3.05) is 6.54 Å². The Hall–Kier alpha value is -1.48. The Kier molecular flexibility index (Phi) is 5.77. The Morgan fingerprint density at radius 3 is 2.25 bits per heavy atom. The first-order chi connectivity index (χ1) is 12.5. The second-order valence-corrected chi connectivity index (χ2v) is 9.59. The number of carboxylic acids is 1. The Labute approximate surface area is 167 Å². The lowest BCUT2D eigenvalue weighted by Gasteiger charge is -2.35. The normalized spacial score (nSPS) is 28.3. The minimum Gasteiger partial charge on any atom is -0.480 e. The second-order valence-electron chi connectivity index (χ2n) is 9.11. The van der Waals surface area contributed by atoms with Crippen LogP contribution in [0.3, 0.4) is 0 Å². The maximum atomic E-state index is 13.2. The number of nitrogens with zero attached hydrogens (tertiary/aromatic N) is 1. The van der Waals surface area contributed by atoms with E-state index in [1.807, 2.05) is 19.2 Å². The molecule has 10 heteroatoms. The van der Waals surface area contributed by atoms with Gasteiger partial charge in [-0.15, -0.1) is 0 Å². The molecule has 0 radical (unpaired) electrons. The molecule has 28 heavy (non-hydrogen) atoms. The Bertz CT molecular complexity index is 674. The number of carbonyl (C=O) groups is 3. The molecule has 0 aromatic heterocycles. The van der Waals surface area contributed by atoms with Crippen molar-refractivity contribution in [2.45, 2.75) is 70.7 Å². The van der Waals surface area contributed by atoms with Crippen LogP contribution in [0.25, 0.3) is 0 Å². The molecule has 2 aliphatic rings. The quantitative estimate of drug-likeness (QED) is 0.636. The predicted octanol–water partition coefficient (Wildman–Crippen LogP) is 2.07. The molecule has 1 heterocycles. The number of alkyl halides is 3. The summed E-state index contributed by atoms with van der Waals surface area (Å²) >= 11 is 4.77. The van der Waals surface area contributed by atoms with Crippen molar-refractivity contribution in [3.8, 4) is 0 Å². The highest BCUT2D eigenvalue weighted by Gasteiger charge is 2.70. The fourth-order valence-corrected chi connectivity index (χ4v) is 4.26. The molecule has 2 amide bonds. The summed E-state index contributed by atoms with van der Waals surface area (Å²) < 4.78 is 32.0. The summed E-state index contributed by atoms with van der Waals surface area (Å²) in [6.07, 6.45) is -0.991. The number of amides is 2. The molecule has 2 fully saturated rings. The number of carbonyl (C=O) groups excluding carboxylic acids is 2. The van der Waals surface area contributed by atoms with Crippen LogP contribution in [-0.2, 0) is 19.1 Å². The number of nitrogens with one attached hydrogen (secondary N) is 1. The number of halogens is 3. The van der Waals surface area contributed by atoms with Gasteiger partial charge in [0.2, 0.25) is 5.91 Å². The van der Waals surface area contributed by atoms with Crippen molar-refractivity contribution in [2.24, 2.45) is 17.3 Å². The molecule has 0 aromatic carbocycles. The second kappa shape index (κ2) is 7.09. The lowest BCUT2D eigenvalue weighted by molar-refractivity contribution is -0.157. The van der Waals surface area contributed by atoms with Gasteiger partial charge in [0.25, 0.3) is 0 Å². The van der Waals surface area contributed by atoms with Crippen LogP contribution in [0.5, 0.6) is 0 Å². The molecule has 5 atom stereocenters. The third-order valence-corrected chi connectivity index (χ3v) is 5.74. The molecule has 0 aromatic rings. The maximum Gasteiger partial charge on any atom is 0.399 e. The van der Waals surface area contributed by atoms with Crippen molar-refractivity contribution in [3.05, 3.63) is 0 Å². The van der Waals surface area contributed by atoms with Gasteiger partial charge >= 0.3 is 17.3 Å². The van der Waals surface area contributed by atoms with E-state index in [0.29, 0.717) is 0 Å². The topological polar surface area (TPSA) is 95.9 Å². The molecule has 7 nitrogen and oxygen atoms in total. The van der Waals surface area contributed by atoms with Crippen molar-refractivity contribution in [3.63, 3.8) is 0 Å². The number of piperidine rings is 1. The fourth-order valence-electron chi connectivity index (χ4n) is 4.20. The van der Waals surface area contributed by atoms with Crippen LogP contribution in [0.15, 0.2) is 0 Å². The van der Waals surface area contributed by atoms with Gasteiger partial charge in [0.05, 0.1) is 11.7 Å². The van der Waals surface area contributed by atoms with Crippen LogP contribution in [0.4, 0.5) is 8.78 Å². The summed E-state index contributed by atoms with van der Waals surface area (Å²) in [5.74, 6) is -4.00. The summed E-state index contributed by atoms with van der Waals surface area (Å²) in [5, 5.41) is 7.36. The summed E-state index contributed by atoms with van der Waals surface area (Å²) in [5.41, 5.74) is -0.942. The standard InChI is InChI=1S/C18H27ClF2N2O5/c1-8(28-16(2,3)4)11(22-15(27)18(19,20)21)13(24)23-7-9-10(17(9,5)6)12(23)14(25)26/h8-12H,7H2,1-6H3,(H,22,27)(H,25,26)/t8-,9+,10+,11+,12+/m1/s1. The largest absolute Gasteiger partial charge is 0.480 e. The maximum absolute atomic E-state index is 13.2. The Morgan fingerprint density at radius 1 is 1.29 bits per heavy atom. The van der Waals surface area contributed by atoms with Crippen LogP contribution >= 0.6 is 11.6 Å². The zero-order valence-corrected chi connectivity index (χ0v) is 17.5. The van der Waals surface area contributed by atoms with E-state index in [4.69, 9.17) is 16.3 Å². The molecule has 2 N–H and O–H groups in total. The van der Waals surface area contributed by atoms with Gasteiger partial charge in [-0.1, -0.05) is 13.8 Å². The predicted molar refractivity (Wildman–Crippen MR) is 96.9 cm³/mol. The molecule has 1 saturated heterocycles. The van der Waals surface area contributed by atoms with E-state index in [0.717, 1.165) is 4.90 Å². The first kappa shape index (κ1) is 22.8. The number of carboxylic acid groups (broad SMARTS) is 1. The van der Waals surface area contributed by atoms with Crippen LogP contribution in [0.1, 0.15) is 41.5 Å². The number of aliphatic carboxylic acids is 1. The lowest BCUT2D eigenvalue weighted by atomic mass is 9.99. The third-order valence-electron chi connectivity index (χ3n) is 5.56. The smallest absolute Gasteiger partial charge is 0.399 e. The van der Waals surface area contributed by atoms with Gasteiger partial charge in [-0.3, -0.25) is 9.59 Å². The van der Waals surface area contributed by atoms with E-state index in [1.165, 1.54) is 6.92 Å².